The molecule has 1 aliphatic heterocycles. The van der Waals surface area contributed by atoms with E-state index in [4.69, 9.17) is 9.84 Å². The van der Waals surface area contributed by atoms with E-state index >= 15 is 0 Å². The number of benzene rings is 2. The largest absolute Gasteiger partial charge is 0.478 e. The molecule has 8 nitrogen and oxygen atoms in total. The molecule has 2 fully saturated rings. The van der Waals surface area contributed by atoms with Crippen molar-refractivity contribution in [3.63, 3.8) is 0 Å². The fourth-order valence-electron chi connectivity index (χ4n) is 4.46. The topological polar surface area (TPSA) is 122 Å². The molecular formula is C24H24N2O6. The van der Waals surface area contributed by atoms with E-state index in [1.165, 1.54) is 24.3 Å². The van der Waals surface area contributed by atoms with Crippen LogP contribution in [0.1, 0.15) is 59.2 Å². The maximum atomic E-state index is 12.9. The summed E-state index contributed by atoms with van der Waals surface area (Å²) in [4.78, 5) is 48.2. The number of carbonyl (C=O) groups is 4. The molecule has 2 aromatic carbocycles. The lowest BCUT2D eigenvalue weighted by molar-refractivity contribution is -0.153. The van der Waals surface area contributed by atoms with Crippen molar-refractivity contribution in [1.29, 1.82) is 0 Å². The summed E-state index contributed by atoms with van der Waals surface area (Å²) in [6.07, 6.45) is 4.49. The summed E-state index contributed by atoms with van der Waals surface area (Å²) in [7, 11) is 0. The first-order valence-corrected chi connectivity index (χ1v) is 10.6. The first-order valence-electron chi connectivity index (χ1n) is 10.6. The minimum absolute atomic E-state index is 0.0903. The number of esters is 1. The number of hydrogen-bond donors (Lipinski definition) is 3. The Kier molecular flexibility index (Phi) is 5.94. The van der Waals surface area contributed by atoms with Gasteiger partial charge in [0, 0.05) is 16.9 Å². The molecule has 32 heavy (non-hydrogen) atoms. The molecule has 2 aromatic rings. The van der Waals surface area contributed by atoms with Gasteiger partial charge in [-0.15, -0.1) is 0 Å². The Morgan fingerprint density at radius 2 is 1.41 bits per heavy atom. The zero-order valence-electron chi connectivity index (χ0n) is 17.4. The van der Waals surface area contributed by atoms with E-state index in [2.05, 4.69) is 10.6 Å². The summed E-state index contributed by atoms with van der Waals surface area (Å²) in [6, 6.07) is 12.3. The number of rotatable bonds is 5. The molecule has 0 aromatic heterocycles. The van der Waals surface area contributed by atoms with E-state index in [-0.39, 0.29) is 29.8 Å². The number of carboxylic acids is 1. The SMILES string of the molecule is O=C1C[C@H](C(=O)Nc2ccc(C(=O)Nc3ccc(C(=O)O)cc3)cc2)C2(CCCCC2)O1. The van der Waals surface area contributed by atoms with Crippen molar-refractivity contribution in [3.05, 3.63) is 59.7 Å². The van der Waals surface area contributed by atoms with Crippen LogP contribution in [0.3, 0.4) is 0 Å². The zero-order chi connectivity index (χ0) is 22.7. The van der Waals surface area contributed by atoms with Gasteiger partial charge in [0.25, 0.3) is 5.91 Å². The Hall–Kier alpha value is -3.68. The number of carboxylic acid groups (broad SMARTS) is 1. The number of ether oxygens (including phenoxy) is 1. The highest BCUT2D eigenvalue weighted by molar-refractivity contribution is 6.05. The molecule has 2 aliphatic rings. The van der Waals surface area contributed by atoms with Gasteiger partial charge in [0.1, 0.15) is 5.60 Å². The van der Waals surface area contributed by atoms with Crippen LogP contribution in [0.25, 0.3) is 0 Å². The number of nitrogens with one attached hydrogen (secondary N) is 2. The van der Waals surface area contributed by atoms with Crippen molar-refractivity contribution in [1.82, 2.24) is 0 Å². The lowest BCUT2D eigenvalue weighted by Gasteiger charge is -2.36. The minimum atomic E-state index is -1.04. The monoisotopic (exact) mass is 436 g/mol. The van der Waals surface area contributed by atoms with Gasteiger partial charge in [-0.05, 0) is 74.2 Å². The van der Waals surface area contributed by atoms with Gasteiger partial charge in [0.15, 0.2) is 0 Å². The minimum Gasteiger partial charge on any atom is -0.478 e. The van der Waals surface area contributed by atoms with Crippen LogP contribution in [-0.4, -0.2) is 34.5 Å². The molecule has 1 saturated heterocycles. The Bertz CT molecular complexity index is 1040. The molecule has 1 spiro atoms. The highest BCUT2D eigenvalue weighted by Crippen LogP contribution is 2.44. The van der Waals surface area contributed by atoms with Gasteiger partial charge < -0.3 is 20.5 Å². The fourth-order valence-corrected chi connectivity index (χ4v) is 4.46. The van der Waals surface area contributed by atoms with Crippen LogP contribution in [0.4, 0.5) is 11.4 Å². The zero-order valence-corrected chi connectivity index (χ0v) is 17.4. The second-order valence-electron chi connectivity index (χ2n) is 8.26. The molecule has 1 atom stereocenters. The summed E-state index contributed by atoms with van der Waals surface area (Å²) in [5.74, 6) is -2.47. The molecule has 1 saturated carbocycles. The van der Waals surface area contributed by atoms with Gasteiger partial charge in [-0.2, -0.15) is 0 Å². The van der Waals surface area contributed by atoms with Crippen molar-refractivity contribution >= 4 is 35.1 Å². The summed E-state index contributed by atoms with van der Waals surface area (Å²) < 4.78 is 5.60. The Balaban J connectivity index is 1.39. The molecule has 166 valence electrons. The second kappa shape index (κ2) is 8.82. The third-order valence-corrected chi connectivity index (χ3v) is 6.14. The fraction of sp³-hybridized carbons (Fsp3) is 0.333. The van der Waals surface area contributed by atoms with Crippen molar-refractivity contribution in [2.24, 2.45) is 5.92 Å². The lowest BCUT2D eigenvalue weighted by atomic mass is 9.75. The maximum absolute atomic E-state index is 12.9. The van der Waals surface area contributed by atoms with Crippen molar-refractivity contribution in [2.45, 2.75) is 44.1 Å². The van der Waals surface area contributed by atoms with Crippen molar-refractivity contribution < 1.29 is 29.0 Å². The third kappa shape index (κ3) is 4.49. The van der Waals surface area contributed by atoms with Crippen LogP contribution in [0.5, 0.6) is 0 Å². The highest BCUT2D eigenvalue weighted by atomic mass is 16.6. The first kappa shape index (κ1) is 21.5. The molecule has 0 radical (unpaired) electrons. The predicted octanol–water partition coefficient (Wildman–Crippen LogP) is 3.84. The Labute approximate surface area is 185 Å². The molecule has 0 unspecified atom stereocenters. The van der Waals surface area contributed by atoms with E-state index in [0.29, 0.717) is 29.8 Å². The Morgan fingerprint density at radius 3 is 2.00 bits per heavy atom. The number of carbonyl (C=O) groups excluding carboxylic acids is 3. The van der Waals surface area contributed by atoms with Gasteiger partial charge in [0.05, 0.1) is 17.9 Å². The van der Waals surface area contributed by atoms with Crippen LogP contribution >= 0.6 is 0 Å². The van der Waals surface area contributed by atoms with Gasteiger partial charge in [-0.25, -0.2) is 4.79 Å². The standard InChI is InChI=1S/C24H24N2O6/c27-20-14-19(24(32-20)12-2-1-3-13-24)22(29)26-18-8-4-15(5-9-18)21(28)25-17-10-6-16(7-11-17)23(30)31/h4-11,19H,1-3,12-14H2,(H,25,28)(H,26,29)(H,30,31)/t19-/m1/s1. The predicted molar refractivity (Wildman–Crippen MR) is 116 cm³/mol. The number of aromatic carboxylic acids is 1. The van der Waals surface area contributed by atoms with Gasteiger partial charge in [-0.3, -0.25) is 14.4 Å². The lowest BCUT2D eigenvalue weighted by Crippen LogP contribution is -2.43. The maximum Gasteiger partial charge on any atom is 0.335 e. The molecule has 1 aliphatic carbocycles. The number of anilines is 2. The van der Waals surface area contributed by atoms with E-state index in [9.17, 15) is 19.2 Å². The van der Waals surface area contributed by atoms with E-state index < -0.39 is 17.5 Å². The molecule has 3 N–H and O–H groups in total. The van der Waals surface area contributed by atoms with Gasteiger partial charge >= 0.3 is 11.9 Å². The smallest absolute Gasteiger partial charge is 0.335 e. The summed E-state index contributed by atoms with van der Waals surface area (Å²) >= 11 is 0. The van der Waals surface area contributed by atoms with E-state index in [1.807, 2.05) is 0 Å². The quantitative estimate of drug-likeness (QED) is 0.612. The molecule has 1 heterocycles. The van der Waals surface area contributed by atoms with Crippen molar-refractivity contribution in [2.75, 3.05) is 10.6 Å². The molecule has 0 bridgehead atoms. The van der Waals surface area contributed by atoms with E-state index in [0.717, 1.165) is 19.3 Å². The molecule has 2 amide bonds. The molecule has 4 rings (SSSR count). The van der Waals surface area contributed by atoms with Crippen LogP contribution in [-0.2, 0) is 14.3 Å². The first-order chi connectivity index (χ1) is 15.4. The average molecular weight is 436 g/mol. The summed E-state index contributed by atoms with van der Waals surface area (Å²) in [5.41, 5.74) is 0.833. The van der Waals surface area contributed by atoms with Crippen molar-refractivity contribution in [3.8, 4) is 0 Å². The number of hydrogen-bond acceptors (Lipinski definition) is 5. The Morgan fingerprint density at radius 1 is 0.844 bits per heavy atom. The average Bonchev–Trinajstić information content (AvgIpc) is 3.10. The van der Waals surface area contributed by atoms with Gasteiger partial charge in [0.2, 0.25) is 5.91 Å². The number of amides is 2. The molecule has 8 heteroatoms. The normalized spacial score (nSPS) is 19.2. The van der Waals surface area contributed by atoms with Crippen LogP contribution in [0, 0.1) is 5.92 Å². The second-order valence-corrected chi connectivity index (χ2v) is 8.26. The van der Waals surface area contributed by atoms with E-state index in [1.54, 1.807) is 24.3 Å². The van der Waals surface area contributed by atoms with Crippen LogP contribution in [0.2, 0.25) is 0 Å². The van der Waals surface area contributed by atoms with Gasteiger partial charge in [-0.1, -0.05) is 6.42 Å². The third-order valence-electron chi connectivity index (χ3n) is 6.14. The summed E-state index contributed by atoms with van der Waals surface area (Å²) in [6.45, 7) is 0. The van der Waals surface area contributed by atoms with Crippen LogP contribution in [0.15, 0.2) is 48.5 Å². The highest BCUT2D eigenvalue weighted by Gasteiger charge is 2.52. The molecular weight excluding hydrogens is 412 g/mol. The van der Waals surface area contributed by atoms with Crippen LogP contribution < -0.4 is 10.6 Å². The summed E-state index contributed by atoms with van der Waals surface area (Å²) in [5, 5.41) is 14.5.